The van der Waals surface area contributed by atoms with E-state index in [1.807, 2.05) is 0 Å². The van der Waals surface area contributed by atoms with Gasteiger partial charge in [0, 0.05) is 13.0 Å². The summed E-state index contributed by atoms with van der Waals surface area (Å²) >= 11 is 0. The third kappa shape index (κ3) is 5.72. The molecule has 0 fully saturated rings. The predicted octanol–water partition coefficient (Wildman–Crippen LogP) is 0.0989. The highest BCUT2D eigenvalue weighted by Gasteiger charge is 2.03. The van der Waals surface area contributed by atoms with E-state index in [0.717, 1.165) is 0 Å². The third-order valence-electron chi connectivity index (χ3n) is 1.29. The Bertz CT molecular complexity index is 101. The van der Waals surface area contributed by atoms with Crippen molar-refractivity contribution in [2.45, 2.75) is 32.3 Å². The summed E-state index contributed by atoms with van der Waals surface area (Å²) in [6.07, 6.45) is 0.721. The van der Waals surface area contributed by atoms with E-state index in [4.69, 9.17) is 10.2 Å². The molecule has 0 saturated carbocycles. The first-order chi connectivity index (χ1) is 4.66. The Morgan fingerprint density at radius 3 is 2.50 bits per heavy atom. The zero-order valence-corrected chi connectivity index (χ0v) is 6.21. The molecule has 0 bridgehead atoms. The number of aliphatic hydroxyl groups is 2. The van der Waals surface area contributed by atoms with E-state index < -0.39 is 6.10 Å². The number of carbonyl (C=O) groups is 1. The molecule has 0 amide bonds. The molecule has 0 aliphatic carbocycles. The standard InChI is InChI=1S/C7H14O3/c1-6(9)2-3-7(10)4-5-8/h7-8,10H,2-5H2,1H3/t7-/m0/s1. The summed E-state index contributed by atoms with van der Waals surface area (Å²) in [7, 11) is 0. The van der Waals surface area contributed by atoms with Crippen molar-refractivity contribution < 1.29 is 15.0 Å². The van der Waals surface area contributed by atoms with Gasteiger partial charge in [0.15, 0.2) is 0 Å². The average Bonchev–Trinajstić information content (AvgIpc) is 1.85. The van der Waals surface area contributed by atoms with E-state index in [9.17, 15) is 4.79 Å². The zero-order chi connectivity index (χ0) is 7.98. The first-order valence-corrected chi connectivity index (χ1v) is 3.45. The van der Waals surface area contributed by atoms with Crippen LogP contribution in [0.5, 0.6) is 0 Å². The number of ketones is 1. The highest BCUT2D eigenvalue weighted by molar-refractivity contribution is 5.75. The molecule has 2 N–H and O–H groups in total. The minimum Gasteiger partial charge on any atom is -0.396 e. The highest BCUT2D eigenvalue weighted by atomic mass is 16.3. The summed E-state index contributed by atoms with van der Waals surface area (Å²) in [6.45, 7) is 1.48. The van der Waals surface area contributed by atoms with Gasteiger partial charge in [0.2, 0.25) is 0 Å². The molecule has 0 aliphatic rings. The van der Waals surface area contributed by atoms with E-state index in [1.165, 1.54) is 6.92 Å². The Balaban J connectivity index is 3.21. The molecule has 0 aliphatic heterocycles. The van der Waals surface area contributed by atoms with Gasteiger partial charge in [-0.15, -0.1) is 0 Å². The Morgan fingerprint density at radius 1 is 1.50 bits per heavy atom. The van der Waals surface area contributed by atoms with Gasteiger partial charge in [0.1, 0.15) is 5.78 Å². The first kappa shape index (κ1) is 9.59. The lowest BCUT2D eigenvalue weighted by Gasteiger charge is -2.05. The number of hydrogen-bond acceptors (Lipinski definition) is 3. The van der Waals surface area contributed by atoms with Crippen LogP contribution in [0, 0.1) is 0 Å². The first-order valence-electron chi connectivity index (χ1n) is 3.45. The summed E-state index contributed by atoms with van der Waals surface area (Å²) in [5.41, 5.74) is 0. The second-order valence-electron chi connectivity index (χ2n) is 2.41. The van der Waals surface area contributed by atoms with Gasteiger partial charge < -0.3 is 15.0 Å². The van der Waals surface area contributed by atoms with Crippen LogP contribution in [0.1, 0.15) is 26.2 Å². The molecular formula is C7H14O3. The summed E-state index contributed by atoms with van der Waals surface area (Å²) in [5.74, 6) is 0.0805. The lowest BCUT2D eigenvalue weighted by atomic mass is 10.1. The summed E-state index contributed by atoms with van der Waals surface area (Å²) in [4.78, 5) is 10.4. The quantitative estimate of drug-likeness (QED) is 0.578. The normalized spacial score (nSPS) is 13.1. The van der Waals surface area contributed by atoms with Crippen molar-refractivity contribution in [2.24, 2.45) is 0 Å². The van der Waals surface area contributed by atoms with Crippen LogP contribution < -0.4 is 0 Å². The van der Waals surface area contributed by atoms with E-state index in [0.29, 0.717) is 19.3 Å². The molecule has 3 heteroatoms. The zero-order valence-electron chi connectivity index (χ0n) is 6.21. The monoisotopic (exact) mass is 146 g/mol. The maximum Gasteiger partial charge on any atom is 0.129 e. The third-order valence-corrected chi connectivity index (χ3v) is 1.29. The van der Waals surface area contributed by atoms with Crippen LogP contribution in [0.4, 0.5) is 0 Å². The topological polar surface area (TPSA) is 57.5 Å². The smallest absolute Gasteiger partial charge is 0.129 e. The summed E-state index contributed by atoms with van der Waals surface area (Å²) < 4.78 is 0. The Morgan fingerprint density at radius 2 is 2.10 bits per heavy atom. The van der Waals surface area contributed by atoms with E-state index >= 15 is 0 Å². The maximum atomic E-state index is 10.4. The largest absolute Gasteiger partial charge is 0.396 e. The molecule has 0 aromatic carbocycles. The van der Waals surface area contributed by atoms with Gasteiger partial charge in [-0.3, -0.25) is 0 Å². The van der Waals surface area contributed by atoms with Gasteiger partial charge >= 0.3 is 0 Å². The molecule has 0 unspecified atom stereocenters. The minimum atomic E-state index is -0.520. The molecule has 60 valence electrons. The Kier molecular flexibility index (Phi) is 5.16. The molecule has 0 saturated heterocycles. The van der Waals surface area contributed by atoms with Crippen molar-refractivity contribution in [1.82, 2.24) is 0 Å². The molecule has 0 radical (unpaired) electrons. The van der Waals surface area contributed by atoms with Crippen molar-refractivity contribution in [3.05, 3.63) is 0 Å². The average molecular weight is 146 g/mol. The second kappa shape index (κ2) is 5.38. The SMILES string of the molecule is CC(=O)CC[C@H](O)CCO. The fourth-order valence-corrected chi connectivity index (χ4v) is 0.663. The summed E-state index contributed by atoms with van der Waals surface area (Å²) in [6, 6.07) is 0. The highest BCUT2D eigenvalue weighted by Crippen LogP contribution is 2.00. The molecular weight excluding hydrogens is 132 g/mol. The van der Waals surface area contributed by atoms with Crippen molar-refractivity contribution in [2.75, 3.05) is 6.61 Å². The lowest BCUT2D eigenvalue weighted by molar-refractivity contribution is -0.117. The lowest BCUT2D eigenvalue weighted by Crippen LogP contribution is -2.10. The van der Waals surface area contributed by atoms with Crippen LogP contribution in [-0.2, 0) is 4.79 Å². The van der Waals surface area contributed by atoms with Gasteiger partial charge in [-0.05, 0) is 19.8 Å². The fourth-order valence-electron chi connectivity index (χ4n) is 0.663. The van der Waals surface area contributed by atoms with Crippen molar-refractivity contribution in [1.29, 1.82) is 0 Å². The van der Waals surface area contributed by atoms with Crippen LogP contribution in [0.15, 0.2) is 0 Å². The van der Waals surface area contributed by atoms with Crippen molar-refractivity contribution in [3.8, 4) is 0 Å². The molecule has 0 aromatic heterocycles. The van der Waals surface area contributed by atoms with Crippen molar-refractivity contribution >= 4 is 5.78 Å². The summed E-state index contributed by atoms with van der Waals surface area (Å²) in [5, 5.41) is 17.3. The van der Waals surface area contributed by atoms with E-state index in [-0.39, 0.29) is 12.4 Å². The van der Waals surface area contributed by atoms with Crippen LogP contribution in [0.25, 0.3) is 0 Å². The van der Waals surface area contributed by atoms with Crippen LogP contribution in [0.2, 0.25) is 0 Å². The number of aliphatic hydroxyl groups excluding tert-OH is 2. The fraction of sp³-hybridized carbons (Fsp3) is 0.857. The van der Waals surface area contributed by atoms with Gasteiger partial charge in [0.25, 0.3) is 0 Å². The molecule has 0 heterocycles. The van der Waals surface area contributed by atoms with E-state index in [2.05, 4.69) is 0 Å². The van der Waals surface area contributed by atoms with Crippen molar-refractivity contribution in [3.63, 3.8) is 0 Å². The number of Topliss-reactive ketones (excluding diaryl/α,β-unsaturated/α-hetero) is 1. The molecule has 0 spiro atoms. The number of rotatable bonds is 5. The van der Waals surface area contributed by atoms with E-state index in [1.54, 1.807) is 0 Å². The molecule has 3 nitrogen and oxygen atoms in total. The Hall–Kier alpha value is -0.410. The molecule has 0 rings (SSSR count). The van der Waals surface area contributed by atoms with Gasteiger partial charge in [-0.1, -0.05) is 0 Å². The minimum absolute atomic E-state index is 0.0148. The second-order valence-corrected chi connectivity index (χ2v) is 2.41. The van der Waals surface area contributed by atoms with Gasteiger partial charge in [-0.2, -0.15) is 0 Å². The van der Waals surface area contributed by atoms with Crippen LogP contribution >= 0.6 is 0 Å². The molecule has 1 atom stereocenters. The van der Waals surface area contributed by atoms with Gasteiger partial charge in [-0.25, -0.2) is 0 Å². The van der Waals surface area contributed by atoms with Crippen LogP contribution in [0.3, 0.4) is 0 Å². The molecule has 10 heavy (non-hydrogen) atoms. The number of carbonyl (C=O) groups excluding carboxylic acids is 1. The predicted molar refractivity (Wildman–Crippen MR) is 37.6 cm³/mol. The molecule has 0 aromatic rings. The Labute approximate surface area is 60.7 Å². The maximum absolute atomic E-state index is 10.4. The van der Waals surface area contributed by atoms with Gasteiger partial charge in [0.05, 0.1) is 6.10 Å². The van der Waals surface area contributed by atoms with Crippen LogP contribution in [-0.4, -0.2) is 28.7 Å². The number of hydrogen-bond donors (Lipinski definition) is 2.